The van der Waals surface area contributed by atoms with Crippen LogP contribution in [0.2, 0.25) is 0 Å². The second kappa shape index (κ2) is 8.30. The molecule has 2 unspecified atom stereocenters. The van der Waals surface area contributed by atoms with Gasteiger partial charge < -0.3 is 10.5 Å². The van der Waals surface area contributed by atoms with Gasteiger partial charge in [0.2, 0.25) is 0 Å². The number of Topliss-reactive ketones (excluding diaryl/α,β-unsaturated/α-hetero) is 2. The molecule has 0 heterocycles. The van der Waals surface area contributed by atoms with Crippen molar-refractivity contribution in [2.45, 2.75) is 84.2 Å². The molecular weight excluding hydrogens is 390 g/mol. The number of ether oxygens (including phenoxy) is 1. The molecule has 2 N–H and O–H groups in total. The zero-order chi connectivity index (χ0) is 20.1. The first-order valence-electron chi connectivity index (χ1n) is 11.2. The number of carbonyl (C=O) groups excluding carboxylic acids is 3. The molecule has 6 heteroatoms. The van der Waals surface area contributed by atoms with Gasteiger partial charge in [0.25, 0.3) is 0 Å². The van der Waals surface area contributed by atoms with Crippen molar-refractivity contribution in [2.24, 2.45) is 40.2 Å². The molecule has 0 bridgehead atoms. The number of halogens is 1. The van der Waals surface area contributed by atoms with Crippen molar-refractivity contribution in [1.29, 1.82) is 0 Å². The standard InChI is InChI=1S/C23H35NO4.ClH/c1-22-9-7-14(28-21(27)4-3-11-24)12-18(22)19(25)13-15-16-5-6-20(26)23(16,2)10-8-17(15)22;/h14-18H,3-13,24H2,1-2H3;1H/t14?,15-,16-,17+,18?,22+,23-;/m0./s1. The van der Waals surface area contributed by atoms with E-state index in [1.807, 2.05) is 0 Å². The van der Waals surface area contributed by atoms with E-state index in [4.69, 9.17) is 10.5 Å². The maximum absolute atomic E-state index is 13.2. The summed E-state index contributed by atoms with van der Waals surface area (Å²) in [5, 5.41) is 0. The van der Waals surface area contributed by atoms with Crippen LogP contribution in [0.4, 0.5) is 0 Å². The molecule has 4 rings (SSSR count). The van der Waals surface area contributed by atoms with Gasteiger partial charge >= 0.3 is 5.97 Å². The fraction of sp³-hybridized carbons (Fsp3) is 0.870. The predicted octanol–water partition coefficient (Wildman–Crippen LogP) is 3.85. The average Bonchev–Trinajstić information content (AvgIpc) is 2.96. The minimum Gasteiger partial charge on any atom is -0.462 e. The summed E-state index contributed by atoms with van der Waals surface area (Å²) in [6.07, 6.45) is 7.65. The monoisotopic (exact) mass is 425 g/mol. The smallest absolute Gasteiger partial charge is 0.306 e. The van der Waals surface area contributed by atoms with E-state index in [9.17, 15) is 14.4 Å². The van der Waals surface area contributed by atoms with Crippen LogP contribution in [0, 0.1) is 34.5 Å². The highest BCUT2D eigenvalue weighted by atomic mass is 35.5. The van der Waals surface area contributed by atoms with E-state index >= 15 is 0 Å². The maximum atomic E-state index is 13.2. The largest absolute Gasteiger partial charge is 0.462 e. The summed E-state index contributed by atoms with van der Waals surface area (Å²) in [6.45, 7) is 4.95. The molecule has 0 aromatic heterocycles. The molecule has 0 radical (unpaired) electrons. The van der Waals surface area contributed by atoms with Crippen LogP contribution in [-0.2, 0) is 19.1 Å². The zero-order valence-corrected chi connectivity index (χ0v) is 18.6. The van der Waals surface area contributed by atoms with E-state index in [-0.39, 0.29) is 41.2 Å². The molecule has 4 aliphatic rings. The van der Waals surface area contributed by atoms with Crippen LogP contribution in [0.15, 0.2) is 0 Å². The predicted molar refractivity (Wildman–Crippen MR) is 113 cm³/mol. The van der Waals surface area contributed by atoms with Gasteiger partial charge in [0, 0.05) is 30.6 Å². The minimum atomic E-state index is -0.194. The van der Waals surface area contributed by atoms with Crippen molar-refractivity contribution >= 4 is 29.9 Å². The lowest BCUT2D eigenvalue weighted by atomic mass is 9.45. The highest BCUT2D eigenvalue weighted by molar-refractivity contribution is 5.88. The lowest BCUT2D eigenvalue weighted by molar-refractivity contribution is -0.170. The Morgan fingerprint density at radius 1 is 1.14 bits per heavy atom. The molecule has 7 atom stereocenters. The number of ketones is 2. The first kappa shape index (κ1) is 22.7. The maximum Gasteiger partial charge on any atom is 0.306 e. The van der Waals surface area contributed by atoms with Gasteiger partial charge in [-0.2, -0.15) is 0 Å². The van der Waals surface area contributed by atoms with Crippen molar-refractivity contribution in [1.82, 2.24) is 0 Å². The summed E-state index contributed by atoms with van der Waals surface area (Å²) in [5.41, 5.74) is 5.28. The molecule has 0 aromatic carbocycles. The molecular formula is C23H36ClNO4. The Bertz CT molecular complexity index is 682. The van der Waals surface area contributed by atoms with Crippen LogP contribution in [0.3, 0.4) is 0 Å². The highest BCUT2D eigenvalue weighted by Gasteiger charge is 2.62. The van der Waals surface area contributed by atoms with Gasteiger partial charge in [-0.05, 0) is 74.7 Å². The normalized spacial score (nSPS) is 43.6. The highest BCUT2D eigenvalue weighted by Crippen LogP contribution is 2.64. The number of rotatable bonds is 4. The lowest BCUT2D eigenvalue weighted by Crippen LogP contribution is -2.57. The zero-order valence-electron chi connectivity index (χ0n) is 17.8. The van der Waals surface area contributed by atoms with Gasteiger partial charge in [-0.25, -0.2) is 0 Å². The van der Waals surface area contributed by atoms with Crippen molar-refractivity contribution < 1.29 is 19.1 Å². The third kappa shape index (κ3) is 3.67. The van der Waals surface area contributed by atoms with Gasteiger partial charge in [-0.15, -0.1) is 12.4 Å². The molecule has 164 valence electrons. The molecule has 0 amide bonds. The van der Waals surface area contributed by atoms with Crippen molar-refractivity contribution in [3.05, 3.63) is 0 Å². The van der Waals surface area contributed by atoms with Crippen molar-refractivity contribution in [3.8, 4) is 0 Å². The molecule has 29 heavy (non-hydrogen) atoms. The number of hydrogen-bond donors (Lipinski definition) is 1. The third-order valence-corrected chi connectivity index (χ3v) is 9.00. The first-order chi connectivity index (χ1) is 13.3. The average molecular weight is 426 g/mol. The second-order valence-electron chi connectivity index (χ2n) is 10.3. The van der Waals surface area contributed by atoms with E-state index in [1.54, 1.807) is 0 Å². The van der Waals surface area contributed by atoms with Gasteiger partial charge in [0.1, 0.15) is 17.7 Å². The summed E-state index contributed by atoms with van der Waals surface area (Å²) in [7, 11) is 0. The second-order valence-corrected chi connectivity index (χ2v) is 10.3. The van der Waals surface area contributed by atoms with Crippen molar-refractivity contribution in [2.75, 3.05) is 6.54 Å². The van der Waals surface area contributed by atoms with Gasteiger partial charge in [-0.3, -0.25) is 14.4 Å². The quantitative estimate of drug-likeness (QED) is 0.691. The summed E-state index contributed by atoms with van der Waals surface area (Å²) in [5.74, 6) is 1.84. The van der Waals surface area contributed by atoms with E-state index in [2.05, 4.69) is 13.8 Å². The SMILES string of the molecule is C[C@]12CCC(OC(=O)CCCN)CC1C(=O)C[C@@H]1[C@H]2CC[C@]2(C)C(=O)CC[C@@H]12.Cl. The van der Waals surface area contributed by atoms with Gasteiger partial charge in [-0.1, -0.05) is 13.8 Å². The van der Waals surface area contributed by atoms with E-state index in [0.29, 0.717) is 68.0 Å². The Kier molecular flexibility index (Phi) is 6.51. The molecule has 4 saturated carbocycles. The molecule has 4 fully saturated rings. The number of esters is 1. The van der Waals surface area contributed by atoms with E-state index in [0.717, 1.165) is 32.1 Å². The van der Waals surface area contributed by atoms with Crippen molar-refractivity contribution in [3.63, 3.8) is 0 Å². The Morgan fingerprint density at radius 2 is 1.90 bits per heavy atom. The van der Waals surface area contributed by atoms with Crippen LogP contribution < -0.4 is 5.73 Å². The van der Waals surface area contributed by atoms with Gasteiger partial charge in [0.05, 0.1) is 0 Å². The number of fused-ring (bicyclic) bond motifs is 5. The molecule has 0 aromatic rings. The molecule has 0 saturated heterocycles. The fourth-order valence-electron chi connectivity index (χ4n) is 7.37. The molecule has 0 spiro atoms. The lowest BCUT2D eigenvalue weighted by Gasteiger charge is -2.59. The Morgan fingerprint density at radius 3 is 2.62 bits per heavy atom. The van der Waals surface area contributed by atoms with E-state index < -0.39 is 0 Å². The number of carbonyl (C=O) groups is 3. The number of hydrogen-bond acceptors (Lipinski definition) is 5. The van der Waals surface area contributed by atoms with Gasteiger partial charge in [0.15, 0.2) is 0 Å². The van der Waals surface area contributed by atoms with Crippen LogP contribution in [0.25, 0.3) is 0 Å². The summed E-state index contributed by atoms with van der Waals surface area (Å²) in [6, 6.07) is 0. The topological polar surface area (TPSA) is 86.5 Å². The third-order valence-electron chi connectivity index (χ3n) is 9.00. The fourth-order valence-corrected chi connectivity index (χ4v) is 7.37. The first-order valence-corrected chi connectivity index (χ1v) is 11.2. The summed E-state index contributed by atoms with van der Waals surface area (Å²) < 4.78 is 5.68. The van der Waals surface area contributed by atoms with Crippen LogP contribution >= 0.6 is 12.4 Å². The van der Waals surface area contributed by atoms with Crippen LogP contribution in [-0.4, -0.2) is 30.2 Å². The summed E-state index contributed by atoms with van der Waals surface area (Å²) in [4.78, 5) is 37.8. The Hall–Kier alpha value is -0.940. The Labute approximate surface area is 180 Å². The summed E-state index contributed by atoms with van der Waals surface area (Å²) >= 11 is 0. The molecule has 0 aliphatic heterocycles. The van der Waals surface area contributed by atoms with Crippen LogP contribution in [0.1, 0.15) is 78.1 Å². The van der Waals surface area contributed by atoms with E-state index in [1.165, 1.54) is 0 Å². The Balaban J connectivity index is 0.00000240. The minimum absolute atomic E-state index is 0. The number of nitrogens with two attached hydrogens (primary N) is 1. The molecule has 4 aliphatic carbocycles. The van der Waals surface area contributed by atoms with Crippen LogP contribution in [0.5, 0.6) is 0 Å². The molecule has 5 nitrogen and oxygen atoms in total.